The molecule has 38 heavy (non-hydrogen) atoms. The molecule has 0 spiro atoms. The summed E-state index contributed by atoms with van der Waals surface area (Å²) in [5.41, 5.74) is 2.22. The van der Waals surface area contributed by atoms with E-state index in [2.05, 4.69) is 29.8 Å². The zero-order chi connectivity index (χ0) is 26.3. The number of carbonyl (C=O) groups is 1. The minimum absolute atomic E-state index is 0.0501. The van der Waals surface area contributed by atoms with Crippen LogP contribution in [0.25, 0.3) is 5.65 Å². The molecule has 2 aromatic heterocycles. The molecule has 3 aliphatic heterocycles. The summed E-state index contributed by atoms with van der Waals surface area (Å²) in [5.74, 6) is 1.64. The van der Waals surface area contributed by atoms with Crippen LogP contribution >= 0.6 is 0 Å². The molecular formula is C28H37N7O3. The first kappa shape index (κ1) is 24.9. The number of carbonyl (C=O) groups excluding carboxylic acids is 1. The summed E-state index contributed by atoms with van der Waals surface area (Å²) in [6.45, 7) is 5.61. The van der Waals surface area contributed by atoms with Crippen LogP contribution in [0, 0.1) is 0 Å². The van der Waals surface area contributed by atoms with Crippen LogP contribution in [-0.2, 0) is 4.74 Å². The molecule has 4 N–H and O–H groups in total. The van der Waals surface area contributed by atoms with Crippen LogP contribution in [0.2, 0.25) is 0 Å². The second-order valence-electron chi connectivity index (χ2n) is 11.0. The normalized spacial score (nSPS) is 23.9. The Labute approximate surface area is 222 Å². The van der Waals surface area contributed by atoms with Gasteiger partial charge in [-0.2, -0.15) is 4.52 Å². The van der Waals surface area contributed by atoms with Crippen LogP contribution in [0.4, 0.5) is 16.4 Å². The summed E-state index contributed by atoms with van der Waals surface area (Å²) in [5, 5.41) is 25.5. The number of rotatable bonds is 8. The molecule has 2 unspecified atom stereocenters. The van der Waals surface area contributed by atoms with E-state index in [-0.39, 0.29) is 36.8 Å². The minimum atomic E-state index is -0.513. The van der Waals surface area contributed by atoms with Crippen LogP contribution < -0.4 is 16.0 Å². The second-order valence-corrected chi connectivity index (χ2v) is 11.0. The molecule has 3 saturated heterocycles. The van der Waals surface area contributed by atoms with Crippen molar-refractivity contribution < 1.29 is 14.6 Å². The summed E-state index contributed by atoms with van der Waals surface area (Å²) in [4.78, 5) is 20.0. The van der Waals surface area contributed by atoms with Crippen LogP contribution in [-0.4, -0.2) is 68.2 Å². The molecule has 6 rings (SSSR count). The fourth-order valence-electron chi connectivity index (χ4n) is 6.23. The third kappa shape index (κ3) is 4.35. The summed E-state index contributed by atoms with van der Waals surface area (Å²) < 4.78 is 7.67. The number of amides is 1. The van der Waals surface area contributed by atoms with Crippen molar-refractivity contribution >= 4 is 23.4 Å². The van der Waals surface area contributed by atoms with Gasteiger partial charge in [0.1, 0.15) is 17.6 Å². The number of hydrogen-bond donors (Lipinski definition) is 4. The van der Waals surface area contributed by atoms with Gasteiger partial charge < -0.3 is 25.8 Å². The molecule has 0 saturated carbocycles. The average molecular weight is 520 g/mol. The van der Waals surface area contributed by atoms with E-state index < -0.39 is 5.66 Å². The third-order valence-corrected chi connectivity index (χ3v) is 8.24. The molecule has 3 fully saturated rings. The number of piperidine rings is 1. The first-order chi connectivity index (χ1) is 18.5. The maximum absolute atomic E-state index is 13.3. The molecule has 3 aromatic rings. The number of hydrogen-bond acceptors (Lipinski definition) is 8. The number of ether oxygens (including phenoxy) is 1. The monoisotopic (exact) mass is 519 g/mol. The molecule has 10 nitrogen and oxygen atoms in total. The standard InChI is InChI=1S/C28H37N7O3/c1-18(2)24-25(31-22(17-36)19-7-4-3-5-8-19)33-35-23(11-14-30-26(24)35)32-28-12-6-9-20(10-13-28)34(28)27(37)38-21-15-29-16-21/h3-5,7-8,11,14,18,20-22,29,32,36H,6,9-10,12-13,15-17H2,1-2H3,(H,31,33)/t20?,22-,28?/m1/s1. The first-order valence-electron chi connectivity index (χ1n) is 13.8. The lowest BCUT2D eigenvalue weighted by molar-refractivity contribution is 0.00303. The third-order valence-electron chi connectivity index (χ3n) is 8.24. The van der Waals surface area contributed by atoms with Crippen LogP contribution in [0.5, 0.6) is 0 Å². The van der Waals surface area contributed by atoms with Gasteiger partial charge in [0, 0.05) is 30.9 Å². The van der Waals surface area contributed by atoms with E-state index in [1.54, 1.807) is 6.20 Å². The maximum Gasteiger partial charge on any atom is 0.412 e. The van der Waals surface area contributed by atoms with Gasteiger partial charge in [-0.1, -0.05) is 44.2 Å². The Bertz CT molecular complexity index is 1290. The number of anilines is 2. The fraction of sp³-hybridized carbons (Fsp3) is 0.536. The van der Waals surface area contributed by atoms with Crippen molar-refractivity contribution in [1.29, 1.82) is 0 Å². The molecule has 5 heterocycles. The first-order valence-corrected chi connectivity index (χ1v) is 13.8. The Kier molecular flexibility index (Phi) is 6.61. The van der Waals surface area contributed by atoms with Crippen molar-refractivity contribution in [1.82, 2.24) is 24.8 Å². The van der Waals surface area contributed by atoms with Crippen LogP contribution in [0.3, 0.4) is 0 Å². The smallest absolute Gasteiger partial charge is 0.412 e. The fourth-order valence-corrected chi connectivity index (χ4v) is 6.23. The van der Waals surface area contributed by atoms with Crippen molar-refractivity contribution in [3.63, 3.8) is 0 Å². The van der Waals surface area contributed by atoms with Gasteiger partial charge >= 0.3 is 6.09 Å². The van der Waals surface area contributed by atoms with Crippen molar-refractivity contribution in [2.75, 3.05) is 30.3 Å². The molecule has 3 atom stereocenters. The number of aliphatic hydroxyl groups is 1. The van der Waals surface area contributed by atoms with E-state index in [0.717, 1.165) is 54.7 Å². The van der Waals surface area contributed by atoms with Crippen molar-refractivity contribution in [3.8, 4) is 0 Å². The molecule has 0 aliphatic carbocycles. The number of nitrogens with one attached hydrogen (secondary N) is 3. The van der Waals surface area contributed by atoms with E-state index in [1.165, 1.54) is 0 Å². The Morgan fingerprint density at radius 3 is 2.74 bits per heavy atom. The second kappa shape index (κ2) is 10.1. The number of fused-ring (bicyclic) bond motifs is 3. The molecule has 1 aromatic carbocycles. The molecule has 202 valence electrons. The topological polar surface area (TPSA) is 116 Å². The van der Waals surface area contributed by atoms with E-state index in [9.17, 15) is 9.90 Å². The van der Waals surface area contributed by atoms with E-state index in [4.69, 9.17) is 14.8 Å². The quantitative estimate of drug-likeness (QED) is 0.355. The Morgan fingerprint density at radius 2 is 2.03 bits per heavy atom. The number of nitrogens with zero attached hydrogens (tertiary/aromatic N) is 4. The van der Waals surface area contributed by atoms with Gasteiger partial charge in [0.15, 0.2) is 11.5 Å². The van der Waals surface area contributed by atoms with Crippen LogP contribution in [0.1, 0.15) is 69.0 Å². The SMILES string of the molecule is CC(C)c1c(N[C@H](CO)c2ccccc2)nn2c(NC34CCCC(CC3)N4C(=O)OC3CNC3)ccnc12. The lowest BCUT2D eigenvalue weighted by Crippen LogP contribution is -2.60. The van der Waals surface area contributed by atoms with Gasteiger partial charge in [-0.15, -0.1) is 5.10 Å². The van der Waals surface area contributed by atoms with Gasteiger partial charge in [-0.3, -0.25) is 4.90 Å². The molecule has 10 heteroatoms. The summed E-state index contributed by atoms with van der Waals surface area (Å²) >= 11 is 0. The molecule has 1 amide bonds. The van der Waals surface area contributed by atoms with Gasteiger partial charge in [0.05, 0.1) is 12.6 Å². The van der Waals surface area contributed by atoms with Gasteiger partial charge in [0.25, 0.3) is 0 Å². The lowest BCUT2D eigenvalue weighted by atomic mass is 9.97. The predicted molar refractivity (Wildman–Crippen MR) is 145 cm³/mol. The van der Waals surface area contributed by atoms with Gasteiger partial charge in [0.2, 0.25) is 0 Å². The molecular weight excluding hydrogens is 482 g/mol. The number of aromatic nitrogens is 3. The largest absolute Gasteiger partial charge is 0.443 e. The van der Waals surface area contributed by atoms with Gasteiger partial charge in [-0.05, 0) is 49.7 Å². The lowest BCUT2D eigenvalue weighted by Gasteiger charge is -2.45. The average Bonchev–Trinajstić information content (AvgIpc) is 3.37. The molecule has 3 aliphatic rings. The highest BCUT2D eigenvalue weighted by molar-refractivity contribution is 5.72. The summed E-state index contributed by atoms with van der Waals surface area (Å²) in [6, 6.07) is 11.7. The predicted octanol–water partition coefficient (Wildman–Crippen LogP) is 3.86. The van der Waals surface area contributed by atoms with Crippen molar-refractivity contribution in [2.45, 2.75) is 75.7 Å². The zero-order valence-corrected chi connectivity index (χ0v) is 22.1. The van der Waals surface area contributed by atoms with E-state index in [0.29, 0.717) is 18.9 Å². The number of benzene rings is 1. The zero-order valence-electron chi connectivity index (χ0n) is 22.1. The Balaban J connectivity index is 1.34. The highest BCUT2D eigenvalue weighted by atomic mass is 16.6. The van der Waals surface area contributed by atoms with Crippen molar-refractivity contribution in [3.05, 3.63) is 53.7 Å². The molecule has 0 radical (unpaired) electrons. The number of aliphatic hydroxyl groups excluding tert-OH is 1. The summed E-state index contributed by atoms with van der Waals surface area (Å²) in [7, 11) is 0. The maximum atomic E-state index is 13.3. The van der Waals surface area contributed by atoms with Gasteiger partial charge in [-0.25, -0.2) is 9.78 Å². The Hall–Kier alpha value is -3.37. The Morgan fingerprint density at radius 1 is 1.21 bits per heavy atom. The van der Waals surface area contributed by atoms with Crippen LogP contribution in [0.15, 0.2) is 42.6 Å². The minimum Gasteiger partial charge on any atom is -0.443 e. The van der Waals surface area contributed by atoms with Crippen molar-refractivity contribution in [2.24, 2.45) is 0 Å². The highest BCUT2D eigenvalue weighted by Crippen LogP contribution is 2.45. The summed E-state index contributed by atoms with van der Waals surface area (Å²) in [6.07, 6.45) is 6.25. The van der Waals surface area contributed by atoms with E-state index >= 15 is 0 Å². The van der Waals surface area contributed by atoms with E-state index in [1.807, 2.05) is 45.8 Å². The molecule has 2 bridgehead atoms. The highest BCUT2D eigenvalue weighted by Gasteiger charge is 2.52.